The zero-order chi connectivity index (χ0) is 17.2. The number of rotatable bonds is 9. The number of nitrogens with zero attached hydrogens (tertiary/aromatic N) is 1. The molecule has 0 aromatic heterocycles. The van der Waals surface area contributed by atoms with Crippen molar-refractivity contribution in [3.8, 4) is 5.75 Å². The maximum atomic E-state index is 13.6. The molecule has 1 N–H and O–H groups in total. The van der Waals surface area contributed by atoms with Crippen LogP contribution >= 0.6 is 0 Å². The number of likely N-dealkylation sites (N-methyl/N-ethyl adjacent to an activating group) is 1. The SMILES string of the molecule is COC(=O)CCCNC(=O)CN(C)Cc1ccc(OC)c(F)c1. The first-order valence-corrected chi connectivity index (χ1v) is 7.30. The molecule has 0 atom stereocenters. The number of halogens is 1. The first kappa shape index (κ1) is 18.9. The van der Waals surface area contributed by atoms with Gasteiger partial charge >= 0.3 is 5.97 Å². The van der Waals surface area contributed by atoms with E-state index in [-0.39, 0.29) is 30.6 Å². The molecule has 0 heterocycles. The molecule has 1 rings (SSSR count). The summed E-state index contributed by atoms with van der Waals surface area (Å²) in [6.07, 6.45) is 0.809. The molecule has 1 aromatic carbocycles. The van der Waals surface area contributed by atoms with Crippen LogP contribution in [0.5, 0.6) is 5.75 Å². The van der Waals surface area contributed by atoms with Crippen LogP contribution in [0.1, 0.15) is 18.4 Å². The molecule has 0 aliphatic rings. The van der Waals surface area contributed by atoms with Crippen molar-refractivity contribution in [3.63, 3.8) is 0 Å². The summed E-state index contributed by atoms with van der Waals surface area (Å²) in [6.45, 7) is 1.04. The summed E-state index contributed by atoms with van der Waals surface area (Å²) in [5.41, 5.74) is 0.754. The van der Waals surface area contributed by atoms with E-state index in [0.717, 1.165) is 5.56 Å². The molecule has 0 unspecified atom stereocenters. The van der Waals surface area contributed by atoms with Gasteiger partial charge in [0, 0.05) is 19.5 Å². The molecule has 0 spiro atoms. The Morgan fingerprint density at radius 1 is 1.30 bits per heavy atom. The maximum Gasteiger partial charge on any atom is 0.305 e. The van der Waals surface area contributed by atoms with Gasteiger partial charge in [0.1, 0.15) is 0 Å². The number of carbonyl (C=O) groups is 2. The lowest BCUT2D eigenvalue weighted by molar-refractivity contribution is -0.140. The van der Waals surface area contributed by atoms with Crippen molar-refractivity contribution < 1.29 is 23.5 Å². The van der Waals surface area contributed by atoms with Gasteiger partial charge in [-0.15, -0.1) is 0 Å². The summed E-state index contributed by atoms with van der Waals surface area (Å²) >= 11 is 0. The highest BCUT2D eigenvalue weighted by molar-refractivity contribution is 5.78. The van der Waals surface area contributed by atoms with E-state index in [1.165, 1.54) is 20.3 Å². The predicted molar refractivity (Wildman–Crippen MR) is 83.5 cm³/mol. The highest BCUT2D eigenvalue weighted by Crippen LogP contribution is 2.18. The third-order valence-corrected chi connectivity index (χ3v) is 3.19. The summed E-state index contributed by atoms with van der Waals surface area (Å²) in [4.78, 5) is 24.5. The first-order chi connectivity index (χ1) is 11.0. The van der Waals surface area contributed by atoms with Gasteiger partial charge in [0.15, 0.2) is 11.6 Å². The minimum atomic E-state index is -0.425. The fourth-order valence-corrected chi connectivity index (χ4v) is 2.04. The molecule has 1 amide bonds. The second kappa shape index (κ2) is 9.78. The van der Waals surface area contributed by atoms with Crippen molar-refractivity contribution in [2.45, 2.75) is 19.4 Å². The Morgan fingerprint density at radius 2 is 2.04 bits per heavy atom. The van der Waals surface area contributed by atoms with E-state index >= 15 is 0 Å². The zero-order valence-corrected chi connectivity index (χ0v) is 13.7. The van der Waals surface area contributed by atoms with Crippen LogP contribution in [-0.2, 0) is 20.9 Å². The number of benzene rings is 1. The normalized spacial score (nSPS) is 10.5. The fourth-order valence-electron chi connectivity index (χ4n) is 2.04. The molecule has 0 saturated heterocycles. The highest BCUT2D eigenvalue weighted by Gasteiger charge is 2.09. The highest BCUT2D eigenvalue weighted by atomic mass is 19.1. The lowest BCUT2D eigenvalue weighted by Crippen LogP contribution is -2.35. The van der Waals surface area contributed by atoms with Crippen LogP contribution in [0.4, 0.5) is 4.39 Å². The second-order valence-corrected chi connectivity index (χ2v) is 5.17. The Bertz CT molecular complexity index is 537. The van der Waals surface area contributed by atoms with Crippen LogP contribution in [0.2, 0.25) is 0 Å². The lowest BCUT2D eigenvalue weighted by Gasteiger charge is -2.16. The Labute approximate surface area is 135 Å². The number of carbonyl (C=O) groups excluding carboxylic acids is 2. The standard InChI is InChI=1S/C16H23FN2O4/c1-19(10-12-6-7-14(22-2)13(17)9-12)11-15(20)18-8-4-5-16(21)23-3/h6-7,9H,4-5,8,10-11H2,1-3H3,(H,18,20). The van der Waals surface area contributed by atoms with E-state index < -0.39 is 5.82 Å². The van der Waals surface area contributed by atoms with Gasteiger partial charge in [-0.05, 0) is 31.2 Å². The van der Waals surface area contributed by atoms with E-state index in [9.17, 15) is 14.0 Å². The molecule has 7 heteroatoms. The Kier molecular flexibility index (Phi) is 8.04. The van der Waals surface area contributed by atoms with Gasteiger partial charge in [-0.25, -0.2) is 4.39 Å². The monoisotopic (exact) mass is 326 g/mol. The van der Waals surface area contributed by atoms with Crippen LogP contribution in [0.15, 0.2) is 18.2 Å². The van der Waals surface area contributed by atoms with E-state index in [2.05, 4.69) is 10.1 Å². The minimum absolute atomic E-state index is 0.147. The van der Waals surface area contributed by atoms with Gasteiger partial charge in [-0.3, -0.25) is 14.5 Å². The third kappa shape index (κ3) is 7.10. The summed E-state index contributed by atoms with van der Waals surface area (Å²) in [5, 5.41) is 2.73. The van der Waals surface area contributed by atoms with E-state index in [0.29, 0.717) is 19.5 Å². The van der Waals surface area contributed by atoms with Gasteiger partial charge in [0.25, 0.3) is 0 Å². The molecule has 6 nitrogen and oxygen atoms in total. The van der Waals surface area contributed by atoms with E-state index in [1.807, 2.05) is 0 Å². The third-order valence-electron chi connectivity index (χ3n) is 3.19. The van der Waals surface area contributed by atoms with Crippen molar-refractivity contribution in [2.24, 2.45) is 0 Å². The minimum Gasteiger partial charge on any atom is -0.494 e. The number of ether oxygens (including phenoxy) is 2. The summed E-state index contributed by atoms with van der Waals surface area (Å²) < 4.78 is 23.0. The molecule has 0 fully saturated rings. The number of methoxy groups -OCH3 is 2. The molecule has 0 aliphatic carbocycles. The van der Waals surface area contributed by atoms with Crippen molar-refractivity contribution in [1.82, 2.24) is 10.2 Å². The molecule has 0 aliphatic heterocycles. The molecule has 0 radical (unpaired) electrons. The average molecular weight is 326 g/mol. The summed E-state index contributed by atoms with van der Waals surface area (Å²) in [5.74, 6) is -0.672. The lowest BCUT2D eigenvalue weighted by atomic mass is 10.2. The Morgan fingerprint density at radius 3 is 2.65 bits per heavy atom. The summed E-state index contributed by atoms with van der Waals surface area (Å²) in [7, 11) is 4.52. The molecule has 0 bridgehead atoms. The number of hydrogen-bond acceptors (Lipinski definition) is 5. The van der Waals surface area contributed by atoms with Crippen LogP contribution in [0.3, 0.4) is 0 Å². The quantitative estimate of drug-likeness (QED) is 0.548. The van der Waals surface area contributed by atoms with Crippen molar-refractivity contribution >= 4 is 11.9 Å². The predicted octanol–water partition coefficient (Wildman–Crippen LogP) is 1.34. The average Bonchev–Trinajstić information content (AvgIpc) is 2.51. The molecule has 23 heavy (non-hydrogen) atoms. The van der Waals surface area contributed by atoms with Crippen molar-refractivity contribution in [3.05, 3.63) is 29.6 Å². The zero-order valence-electron chi connectivity index (χ0n) is 13.7. The van der Waals surface area contributed by atoms with E-state index in [4.69, 9.17) is 4.74 Å². The van der Waals surface area contributed by atoms with Gasteiger partial charge < -0.3 is 14.8 Å². The van der Waals surface area contributed by atoms with Gasteiger partial charge in [0.05, 0.1) is 20.8 Å². The Hall–Kier alpha value is -2.15. The van der Waals surface area contributed by atoms with Crippen molar-refractivity contribution in [1.29, 1.82) is 0 Å². The molecular weight excluding hydrogens is 303 g/mol. The van der Waals surface area contributed by atoms with Crippen LogP contribution in [0, 0.1) is 5.82 Å². The molecule has 128 valence electrons. The molecule has 0 saturated carbocycles. The number of nitrogens with one attached hydrogen (secondary N) is 1. The first-order valence-electron chi connectivity index (χ1n) is 7.30. The molecule has 1 aromatic rings. The largest absolute Gasteiger partial charge is 0.494 e. The van der Waals surface area contributed by atoms with Gasteiger partial charge in [-0.2, -0.15) is 0 Å². The Balaban J connectivity index is 2.32. The smallest absolute Gasteiger partial charge is 0.305 e. The van der Waals surface area contributed by atoms with Crippen LogP contribution in [-0.4, -0.2) is 51.1 Å². The number of amides is 1. The van der Waals surface area contributed by atoms with Crippen LogP contribution in [0.25, 0.3) is 0 Å². The maximum absolute atomic E-state index is 13.6. The number of esters is 1. The van der Waals surface area contributed by atoms with Crippen molar-refractivity contribution in [2.75, 3.05) is 34.4 Å². The molecular formula is C16H23FN2O4. The van der Waals surface area contributed by atoms with Gasteiger partial charge in [0.2, 0.25) is 5.91 Å². The van der Waals surface area contributed by atoms with E-state index in [1.54, 1.807) is 24.1 Å². The topological polar surface area (TPSA) is 67.9 Å². The fraction of sp³-hybridized carbons (Fsp3) is 0.500. The second-order valence-electron chi connectivity index (χ2n) is 5.17. The van der Waals surface area contributed by atoms with Gasteiger partial charge in [-0.1, -0.05) is 6.07 Å². The van der Waals surface area contributed by atoms with Crippen LogP contribution < -0.4 is 10.1 Å². The summed E-state index contributed by atoms with van der Waals surface area (Å²) in [6, 6.07) is 4.71. The number of hydrogen-bond donors (Lipinski definition) is 1.